The Balaban J connectivity index is 1.94. The quantitative estimate of drug-likeness (QED) is 0.809. The number of aromatic nitrogens is 2. The van der Waals surface area contributed by atoms with Gasteiger partial charge in [-0.05, 0) is 12.1 Å². The third kappa shape index (κ3) is 3.12. The van der Waals surface area contributed by atoms with Crippen LogP contribution in [0.2, 0.25) is 0 Å². The van der Waals surface area contributed by atoms with Crippen LogP contribution in [-0.2, 0) is 4.79 Å². The number of carbonyl (C=O) groups excluding carboxylic acids is 1. The average molecular weight is 323 g/mol. The van der Waals surface area contributed by atoms with Crippen LogP contribution in [0.1, 0.15) is 5.56 Å². The molecule has 1 aliphatic rings. The van der Waals surface area contributed by atoms with Crippen LogP contribution in [-0.4, -0.2) is 21.2 Å². The molecule has 4 N–H and O–H groups in total. The molecule has 1 amide bonds. The Bertz CT molecular complexity index is 825. The lowest BCUT2D eigenvalue weighted by atomic mass is 10.2. The number of benzene rings is 1. The summed E-state index contributed by atoms with van der Waals surface area (Å²) in [7, 11) is 0. The Kier molecular flexibility index (Phi) is 4.17. The predicted octanol–water partition coefficient (Wildman–Crippen LogP) is 1.32. The van der Waals surface area contributed by atoms with E-state index in [1.54, 1.807) is 16.5 Å². The molecular weight excluding hydrogens is 310 g/mol. The molecule has 114 valence electrons. The minimum atomic E-state index is -0.492. The fourth-order valence-corrected chi connectivity index (χ4v) is 3.06. The van der Waals surface area contributed by atoms with Gasteiger partial charge in [-0.1, -0.05) is 41.8 Å². The minimum Gasteiger partial charge on any atom is -0.383 e. The largest absolute Gasteiger partial charge is 0.383 e. The van der Waals surface area contributed by atoms with E-state index in [2.05, 4.69) is 21.8 Å². The molecule has 0 fully saturated rings. The van der Waals surface area contributed by atoms with Crippen LogP contribution in [0.4, 0.5) is 11.5 Å². The Hall–Kier alpha value is -2.98. The van der Waals surface area contributed by atoms with E-state index in [1.807, 2.05) is 30.3 Å². The fraction of sp³-hybridized carbons (Fsp3) is 0.0625. The Morgan fingerprint density at radius 2 is 2.09 bits per heavy atom. The molecule has 1 aromatic heterocycles. The van der Waals surface area contributed by atoms with E-state index < -0.39 is 5.91 Å². The summed E-state index contributed by atoms with van der Waals surface area (Å²) < 4.78 is 0. The summed E-state index contributed by atoms with van der Waals surface area (Å²) in [5.41, 5.74) is 13.0. The zero-order valence-electron chi connectivity index (χ0n) is 12.0. The topological polar surface area (TPSA) is 98.1 Å². The van der Waals surface area contributed by atoms with Gasteiger partial charge in [0.25, 0.3) is 5.91 Å². The number of carbonyl (C=O) groups is 1. The molecule has 0 spiro atoms. The SMILES string of the molecule is NC(=O)C1=CSC(C#Cc2cncnc2N)N1c1ccccc1. The number of rotatable bonds is 2. The third-order valence-corrected chi connectivity index (χ3v) is 4.11. The van der Waals surface area contributed by atoms with Gasteiger partial charge in [0.2, 0.25) is 0 Å². The molecule has 3 rings (SSSR count). The number of para-hydroxylation sites is 1. The summed E-state index contributed by atoms with van der Waals surface area (Å²) in [6, 6.07) is 9.49. The summed E-state index contributed by atoms with van der Waals surface area (Å²) in [4.78, 5) is 21.3. The van der Waals surface area contributed by atoms with Crippen LogP contribution in [0.5, 0.6) is 0 Å². The van der Waals surface area contributed by atoms with Gasteiger partial charge in [0.15, 0.2) is 0 Å². The van der Waals surface area contributed by atoms with Gasteiger partial charge in [-0.3, -0.25) is 4.79 Å². The normalized spacial score (nSPS) is 16.4. The van der Waals surface area contributed by atoms with E-state index in [-0.39, 0.29) is 5.37 Å². The van der Waals surface area contributed by atoms with Crippen molar-refractivity contribution >= 4 is 29.2 Å². The molecule has 0 saturated heterocycles. The number of nitrogens with zero attached hydrogens (tertiary/aromatic N) is 3. The highest BCUT2D eigenvalue weighted by atomic mass is 32.2. The summed E-state index contributed by atoms with van der Waals surface area (Å²) in [5, 5.41) is 1.44. The van der Waals surface area contributed by atoms with Crippen LogP contribution < -0.4 is 16.4 Å². The maximum absolute atomic E-state index is 11.7. The van der Waals surface area contributed by atoms with E-state index in [0.717, 1.165) is 5.69 Å². The molecule has 0 radical (unpaired) electrons. The Labute approximate surface area is 137 Å². The number of nitrogens with two attached hydrogens (primary N) is 2. The maximum Gasteiger partial charge on any atom is 0.265 e. The van der Waals surface area contributed by atoms with Crippen LogP contribution in [0, 0.1) is 11.8 Å². The average Bonchev–Trinajstić information content (AvgIpc) is 2.99. The highest BCUT2D eigenvalue weighted by Gasteiger charge is 2.29. The van der Waals surface area contributed by atoms with Gasteiger partial charge in [0.05, 0.1) is 5.56 Å². The molecule has 2 heterocycles. The van der Waals surface area contributed by atoms with E-state index in [1.165, 1.54) is 18.1 Å². The van der Waals surface area contributed by atoms with Crippen molar-refractivity contribution in [2.75, 3.05) is 10.6 Å². The smallest absolute Gasteiger partial charge is 0.265 e. The highest BCUT2D eigenvalue weighted by Crippen LogP contribution is 2.35. The maximum atomic E-state index is 11.7. The minimum absolute atomic E-state index is 0.278. The van der Waals surface area contributed by atoms with Crippen LogP contribution in [0.3, 0.4) is 0 Å². The molecule has 6 nitrogen and oxygen atoms in total. The number of hydrogen-bond acceptors (Lipinski definition) is 6. The highest BCUT2D eigenvalue weighted by molar-refractivity contribution is 8.03. The zero-order valence-corrected chi connectivity index (χ0v) is 12.8. The molecule has 1 aliphatic heterocycles. The standard InChI is InChI=1S/C16H13N5OS/c17-15-11(8-19-10-20-15)6-7-14-21(12-4-2-1-3-5-12)13(9-23-14)16(18)22/h1-5,8-10,14H,(H2,18,22)(H2,17,19,20). The second kappa shape index (κ2) is 6.42. The van der Waals surface area contributed by atoms with Gasteiger partial charge >= 0.3 is 0 Å². The predicted molar refractivity (Wildman–Crippen MR) is 90.9 cm³/mol. The van der Waals surface area contributed by atoms with E-state index in [9.17, 15) is 4.79 Å². The van der Waals surface area contributed by atoms with Crippen molar-refractivity contribution in [2.24, 2.45) is 5.73 Å². The van der Waals surface area contributed by atoms with Gasteiger partial charge in [-0.15, -0.1) is 0 Å². The lowest BCUT2D eigenvalue weighted by molar-refractivity contribution is -0.114. The first-order valence-electron chi connectivity index (χ1n) is 6.73. The van der Waals surface area contributed by atoms with E-state index in [4.69, 9.17) is 11.5 Å². The van der Waals surface area contributed by atoms with Crippen molar-refractivity contribution in [3.05, 3.63) is 59.5 Å². The van der Waals surface area contributed by atoms with Crippen molar-refractivity contribution in [2.45, 2.75) is 5.37 Å². The molecule has 0 bridgehead atoms. The molecule has 0 saturated carbocycles. The lowest BCUT2D eigenvalue weighted by Gasteiger charge is -2.24. The first kappa shape index (κ1) is 14.9. The molecule has 0 aliphatic carbocycles. The first-order chi connectivity index (χ1) is 11.2. The van der Waals surface area contributed by atoms with Crippen LogP contribution >= 0.6 is 11.8 Å². The van der Waals surface area contributed by atoms with Gasteiger partial charge in [-0.2, -0.15) is 0 Å². The molecule has 1 unspecified atom stereocenters. The lowest BCUT2D eigenvalue weighted by Crippen LogP contribution is -2.33. The molecular formula is C16H13N5OS. The van der Waals surface area contributed by atoms with Gasteiger partial charge in [0, 0.05) is 17.3 Å². The van der Waals surface area contributed by atoms with Crippen molar-refractivity contribution in [3.63, 3.8) is 0 Å². The number of amides is 1. The third-order valence-electron chi connectivity index (χ3n) is 3.16. The molecule has 23 heavy (non-hydrogen) atoms. The van der Waals surface area contributed by atoms with Crippen LogP contribution in [0.25, 0.3) is 0 Å². The summed E-state index contributed by atoms with van der Waals surface area (Å²) in [6.45, 7) is 0. The second-order valence-corrected chi connectivity index (χ2v) is 5.61. The Morgan fingerprint density at radius 1 is 1.30 bits per heavy atom. The number of anilines is 2. The molecule has 2 aromatic rings. The van der Waals surface area contributed by atoms with Crippen LogP contribution in [0.15, 0.2) is 54.0 Å². The molecule has 7 heteroatoms. The number of thioether (sulfide) groups is 1. The summed E-state index contributed by atoms with van der Waals surface area (Å²) in [5.74, 6) is 5.89. The van der Waals surface area contributed by atoms with Crippen molar-refractivity contribution in [1.82, 2.24) is 9.97 Å². The van der Waals surface area contributed by atoms with Gasteiger partial charge < -0.3 is 16.4 Å². The number of nitrogen functional groups attached to an aromatic ring is 1. The summed E-state index contributed by atoms with van der Waals surface area (Å²) >= 11 is 1.41. The Morgan fingerprint density at radius 3 is 2.78 bits per heavy atom. The number of hydrogen-bond donors (Lipinski definition) is 2. The second-order valence-electron chi connectivity index (χ2n) is 4.65. The van der Waals surface area contributed by atoms with Gasteiger partial charge in [-0.25, -0.2) is 9.97 Å². The first-order valence-corrected chi connectivity index (χ1v) is 7.68. The van der Waals surface area contributed by atoms with Gasteiger partial charge in [0.1, 0.15) is 23.2 Å². The van der Waals surface area contributed by atoms with E-state index in [0.29, 0.717) is 17.1 Å². The molecule has 1 aromatic carbocycles. The fourth-order valence-electron chi connectivity index (χ4n) is 2.09. The molecule has 1 atom stereocenters. The van der Waals surface area contributed by atoms with E-state index >= 15 is 0 Å². The monoisotopic (exact) mass is 323 g/mol. The number of primary amides is 1. The van der Waals surface area contributed by atoms with Crippen molar-refractivity contribution in [3.8, 4) is 11.8 Å². The van der Waals surface area contributed by atoms with Crippen molar-refractivity contribution < 1.29 is 4.79 Å². The zero-order chi connectivity index (χ0) is 16.2. The van der Waals surface area contributed by atoms with Crippen molar-refractivity contribution in [1.29, 1.82) is 0 Å². The summed E-state index contributed by atoms with van der Waals surface area (Å²) in [6.07, 6.45) is 2.93.